The van der Waals surface area contributed by atoms with Crippen LogP contribution in [0.25, 0.3) is 0 Å². The summed E-state index contributed by atoms with van der Waals surface area (Å²) in [6.45, 7) is 0. The third-order valence-electron chi connectivity index (χ3n) is 2.81. The summed E-state index contributed by atoms with van der Waals surface area (Å²) in [5, 5.41) is 3.87. The number of nitrogens with one attached hydrogen (secondary N) is 1. The van der Waals surface area contributed by atoms with Crippen LogP contribution in [0.1, 0.15) is 16.1 Å². The van der Waals surface area contributed by atoms with Crippen molar-refractivity contribution in [2.45, 2.75) is 0 Å². The predicted octanol–water partition coefficient (Wildman–Crippen LogP) is 2.07. The van der Waals surface area contributed by atoms with Crippen LogP contribution in [0, 0.1) is 0 Å². The van der Waals surface area contributed by atoms with Gasteiger partial charge < -0.3 is 18.6 Å². The molecule has 0 saturated carbocycles. The SMILES string of the molecule is COc1cc(/C=N/NC(=O)c2ccco2)cc(OC)c1OC. The molecule has 0 radical (unpaired) electrons. The lowest BCUT2D eigenvalue weighted by atomic mass is 10.2. The zero-order chi connectivity index (χ0) is 15.9. The number of hydrogen-bond donors (Lipinski definition) is 1. The Balaban J connectivity index is 2.15. The number of carbonyl (C=O) groups excluding carboxylic acids is 1. The molecule has 7 nitrogen and oxygen atoms in total. The normalized spacial score (nSPS) is 10.5. The van der Waals surface area contributed by atoms with Crippen molar-refractivity contribution in [1.82, 2.24) is 5.43 Å². The molecule has 0 spiro atoms. The molecular formula is C15H16N2O5. The number of amides is 1. The molecule has 2 rings (SSSR count). The second-order valence-electron chi connectivity index (χ2n) is 4.14. The molecule has 0 atom stereocenters. The van der Waals surface area contributed by atoms with Crippen LogP contribution in [0.3, 0.4) is 0 Å². The molecular weight excluding hydrogens is 288 g/mol. The molecule has 0 saturated heterocycles. The van der Waals surface area contributed by atoms with Gasteiger partial charge in [0.15, 0.2) is 17.3 Å². The summed E-state index contributed by atoms with van der Waals surface area (Å²) in [6.07, 6.45) is 2.88. The Kier molecular flexibility index (Phi) is 5.02. The van der Waals surface area contributed by atoms with Gasteiger partial charge in [0.05, 0.1) is 33.8 Å². The van der Waals surface area contributed by atoms with Gasteiger partial charge in [-0.2, -0.15) is 5.10 Å². The molecule has 0 unspecified atom stereocenters. The molecule has 0 bridgehead atoms. The average Bonchev–Trinajstić information content (AvgIpc) is 3.08. The van der Waals surface area contributed by atoms with E-state index in [9.17, 15) is 4.79 Å². The Morgan fingerprint density at radius 1 is 1.18 bits per heavy atom. The number of hydrazone groups is 1. The maximum Gasteiger partial charge on any atom is 0.307 e. The van der Waals surface area contributed by atoms with E-state index in [0.29, 0.717) is 22.8 Å². The maximum absolute atomic E-state index is 11.7. The second-order valence-corrected chi connectivity index (χ2v) is 4.14. The van der Waals surface area contributed by atoms with Gasteiger partial charge in [0.2, 0.25) is 5.75 Å². The highest BCUT2D eigenvalue weighted by molar-refractivity contribution is 5.92. The van der Waals surface area contributed by atoms with Crippen LogP contribution in [-0.4, -0.2) is 33.5 Å². The van der Waals surface area contributed by atoms with E-state index in [1.807, 2.05) is 0 Å². The maximum atomic E-state index is 11.7. The molecule has 1 heterocycles. The fourth-order valence-electron chi connectivity index (χ4n) is 1.80. The standard InChI is InChI=1S/C15H16N2O5/c1-19-12-7-10(8-13(20-2)14(12)21-3)9-16-17-15(18)11-5-4-6-22-11/h4-9H,1-3H3,(H,17,18)/b16-9+. The molecule has 22 heavy (non-hydrogen) atoms. The van der Waals surface area contributed by atoms with Crippen molar-refractivity contribution in [3.05, 3.63) is 41.9 Å². The summed E-state index contributed by atoms with van der Waals surface area (Å²) in [4.78, 5) is 11.7. The van der Waals surface area contributed by atoms with Crippen molar-refractivity contribution < 1.29 is 23.4 Å². The summed E-state index contributed by atoms with van der Waals surface area (Å²) in [7, 11) is 4.57. The van der Waals surface area contributed by atoms with Crippen molar-refractivity contribution >= 4 is 12.1 Å². The average molecular weight is 304 g/mol. The molecule has 1 amide bonds. The van der Waals surface area contributed by atoms with E-state index in [-0.39, 0.29) is 5.76 Å². The number of ether oxygens (including phenoxy) is 3. The third kappa shape index (κ3) is 3.38. The summed E-state index contributed by atoms with van der Waals surface area (Å²) in [5.74, 6) is 1.24. The van der Waals surface area contributed by atoms with Gasteiger partial charge in [-0.05, 0) is 24.3 Å². The van der Waals surface area contributed by atoms with Crippen molar-refractivity contribution in [3.8, 4) is 17.2 Å². The first-order chi connectivity index (χ1) is 10.7. The number of hydrogen-bond acceptors (Lipinski definition) is 6. The van der Waals surface area contributed by atoms with Crippen molar-refractivity contribution in [2.24, 2.45) is 5.10 Å². The van der Waals surface area contributed by atoms with E-state index in [0.717, 1.165) is 0 Å². The van der Waals surface area contributed by atoms with Crippen LogP contribution < -0.4 is 19.6 Å². The van der Waals surface area contributed by atoms with Gasteiger partial charge in [0, 0.05) is 5.56 Å². The quantitative estimate of drug-likeness (QED) is 0.652. The van der Waals surface area contributed by atoms with Crippen molar-refractivity contribution in [1.29, 1.82) is 0 Å². The Morgan fingerprint density at radius 2 is 1.86 bits per heavy atom. The minimum Gasteiger partial charge on any atom is -0.493 e. The van der Waals surface area contributed by atoms with Crippen molar-refractivity contribution in [2.75, 3.05) is 21.3 Å². The minimum atomic E-state index is -0.436. The monoisotopic (exact) mass is 304 g/mol. The molecule has 0 fully saturated rings. The molecule has 0 aliphatic carbocycles. The van der Waals surface area contributed by atoms with E-state index in [1.165, 1.54) is 33.8 Å². The number of carbonyl (C=O) groups is 1. The minimum absolute atomic E-state index is 0.182. The molecule has 0 aliphatic rings. The number of nitrogens with zero attached hydrogens (tertiary/aromatic N) is 1. The topological polar surface area (TPSA) is 82.3 Å². The lowest BCUT2D eigenvalue weighted by Gasteiger charge is -2.12. The van der Waals surface area contributed by atoms with E-state index in [1.54, 1.807) is 24.3 Å². The van der Waals surface area contributed by atoms with Crippen LogP contribution in [0.4, 0.5) is 0 Å². The van der Waals surface area contributed by atoms with Crippen LogP contribution in [0.15, 0.2) is 40.0 Å². The lowest BCUT2D eigenvalue weighted by Crippen LogP contribution is -2.16. The Morgan fingerprint density at radius 3 is 2.36 bits per heavy atom. The molecule has 2 aromatic rings. The van der Waals surface area contributed by atoms with Gasteiger partial charge >= 0.3 is 5.91 Å². The largest absolute Gasteiger partial charge is 0.493 e. The van der Waals surface area contributed by atoms with E-state index >= 15 is 0 Å². The smallest absolute Gasteiger partial charge is 0.307 e. The first-order valence-electron chi connectivity index (χ1n) is 6.36. The predicted molar refractivity (Wildman–Crippen MR) is 79.9 cm³/mol. The van der Waals surface area contributed by atoms with E-state index < -0.39 is 5.91 Å². The second kappa shape index (κ2) is 7.16. The van der Waals surface area contributed by atoms with Gasteiger partial charge in [-0.25, -0.2) is 5.43 Å². The number of benzene rings is 1. The van der Waals surface area contributed by atoms with Gasteiger partial charge in [-0.1, -0.05) is 0 Å². The first-order valence-corrected chi connectivity index (χ1v) is 6.36. The molecule has 0 aliphatic heterocycles. The molecule has 116 valence electrons. The van der Waals surface area contributed by atoms with Crippen LogP contribution in [0.2, 0.25) is 0 Å². The zero-order valence-electron chi connectivity index (χ0n) is 12.5. The van der Waals surface area contributed by atoms with E-state index in [2.05, 4.69) is 10.5 Å². The fraction of sp³-hybridized carbons (Fsp3) is 0.200. The summed E-state index contributed by atoms with van der Waals surface area (Å²) in [5.41, 5.74) is 3.04. The zero-order valence-corrected chi connectivity index (χ0v) is 12.5. The third-order valence-corrected chi connectivity index (χ3v) is 2.81. The molecule has 7 heteroatoms. The number of methoxy groups -OCH3 is 3. The van der Waals surface area contributed by atoms with Gasteiger partial charge in [0.25, 0.3) is 0 Å². The molecule has 1 aromatic heterocycles. The highest BCUT2D eigenvalue weighted by atomic mass is 16.5. The van der Waals surface area contributed by atoms with Gasteiger partial charge in [-0.3, -0.25) is 4.79 Å². The summed E-state index contributed by atoms with van der Waals surface area (Å²) in [6, 6.07) is 6.59. The summed E-state index contributed by atoms with van der Waals surface area (Å²) < 4.78 is 20.7. The van der Waals surface area contributed by atoms with E-state index in [4.69, 9.17) is 18.6 Å². The van der Waals surface area contributed by atoms with Crippen molar-refractivity contribution in [3.63, 3.8) is 0 Å². The lowest BCUT2D eigenvalue weighted by molar-refractivity contribution is 0.0927. The highest BCUT2D eigenvalue weighted by Gasteiger charge is 2.12. The summed E-state index contributed by atoms with van der Waals surface area (Å²) >= 11 is 0. The Bertz CT molecular complexity index is 640. The van der Waals surface area contributed by atoms with Gasteiger partial charge in [0.1, 0.15) is 0 Å². The highest BCUT2D eigenvalue weighted by Crippen LogP contribution is 2.37. The first kappa shape index (κ1) is 15.4. The van der Waals surface area contributed by atoms with Gasteiger partial charge in [-0.15, -0.1) is 0 Å². The molecule has 1 aromatic carbocycles. The molecule has 1 N–H and O–H groups in total. The Hall–Kier alpha value is -2.96. The van der Waals surface area contributed by atoms with Crippen LogP contribution >= 0.6 is 0 Å². The number of rotatable bonds is 6. The number of furan rings is 1. The van der Waals surface area contributed by atoms with Crippen LogP contribution in [-0.2, 0) is 0 Å². The Labute approximate surface area is 127 Å². The fourth-order valence-corrected chi connectivity index (χ4v) is 1.80. The van der Waals surface area contributed by atoms with Crippen LogP contribution in [0.5, 0.6) is 17.2 Å².